The van der Waals surface area contributed by atoms with Crippen molar-refractivity contribution in [2.75, 3.05) is 19.8 Å². The Kier molecular flexibility index (Phi) is 6.56. The Bertz CT molecular complexity index is 920. The van der Waals surface area contributed by atoms with Gasteiger partial charge in [-0.25, -0.2) is 9.59 Å². The third-order valence-electron chi connectivity index (χ3n) is 3.89. The number of carbonyl (C=O) groups is 2. The fraction of sp³-hybridized carbons (Fsp3) is 0.333. The summed E-state index contributed by atoms with van der Waals surface area (Å²) in [6, 6.07) is 4.62. The summed E-state index contributed by atoms with van der Waals surface area (Å²) in [6.07, 6.45) is 0.218. The van der Waals surface area contributed by atoms with Gasteiger partial charge in [0.15, 0.2) is 11.5 Å². The molecule has 146 valence electrons. The third-order valence-corrected chi connectivity index (χ3v) is 4.59. The van der Waals surface area contributed by atoms with Crippen molar-refractivity contribution in [2.24, 2.45) is 0 Å². The highest BCUT2D eigenvalue weighted by Crippen LogP contribution is 2.35. The van der Waals surface area contributed by atoms with Gasteiger partial charge in [0.25, 0.3) is 0 Å². The normalized spacial score (nSPS) is 14.6. The molecule has 1 aliphatic heterocycles. The zero-order valence-corrected chi connectivity index (χ0v) is 16.5. The molecule has 1 atom stereocenters. The van der Waals surface area contributed by atoms with Crippen LogP contribution in [0.4, 0.5) is 0 Å². The Morgan fingerprint density at radius 3 is 2.68 bits per heavy atom. The van der Waals surface area contributed by atoms with Gasteiger partial charge in [-0.1, -0.05) is 11.8 Å². The lowest BCUT2D eigenvalue weighted by Gasteiger charge is -2.22. The van der Waals surface area contributed by atoms with Crippen LogP contribution in [0, 0.1) is 11.8 Å². The lowest BCUT2D eigenvalue weighted by atomic mass is 10.0. The van der Waals surface area contributed by atoms with Crippen molar-refractivity contribution in [2.45, 2.75) is 26.4 Å². The van der Waals surface area contributed by atoms with Crippen LogP contribution in [0.5, 0.6) is 11.5 Å². The minimum atomic E-state index is -0.484. The average Bonchev–Trinajstić information content (AvgIpc) is 3.16. The van der Waals surface area contributed by atoms with E-state index in [1.165, 1.54) is 23.5 Å². The highest BCUT2D eigenvalue weighted by atomic mass is 32.1. The maximum absolute atomic E-state index is 12.2. The number of ether oxygens (including phenoxy) is 4. The van der Waals surface area contributed by atoms with Gasteiger partial charge in [-0.15, -0.1) is 11.3 Å². The van der Waals surface area contributed by atoms with Crippen LogP contribution in [-0.2, 0) is 9.47 Å². The summed E-state index contributed by atoms with van der Waals surface area (Å²) in [4.78, 5) is 24.2. The van der Waals surface area contributed by atoms with Crippen LogP contribution in [0.25, 0.3) is 0 Å². The topological polar surface area (TPSA) is 71.1 Å². The highest BCUT2D eigenvalue weighted by Gasteiger charge is 2.21. The van der Waals surface area contributed by atoms with Gasteiger partial charge in [0.1, 0.15) is 12.7 Å². The molecule has 0 saturated heterocycles. The number of rotatable bonds is 5. The number of carbonyl (C=O) groups excluding carboxylic acids is 2. The number of esters is 2. The Balaban J connectivity index is 1.79. The van der Waals surface area contributed by atoms with Crippen molar-refractivity contribution in [3.05, 3.63) is 45.6 Å². The van der Waals surface area contributed by atoms with Crippen molar-refractivity contribution >= 4 is 23.3 Å². The van der Waals surface area contributed by atoms with Crippen LogP contribution in [0.15, 0.2) is 29.0 Å². The van der Waals surface area contributed by atoms with Gasteiger partial charge in [0, 0.05) is 22.7 Å². The third kappa shape index (κ3) is 4.65. The molecule has 0 spiro atoms. The Labute approximate surface area is 167 Å². The summed E-state index contributed by atoms with van der Waals surface area (Å²) in [6.45, 7) is 4.39. The molecule has 28 heavy (non-hydrogen) atoms. The minimum Gasteiger partial charge on any atom is -0.485 e. The molecule has 0 bridgehead atoms. The quantitative estimate of drug-likeness (QED) is 0.563. The SMILES string of the molecule is CCOC(=O)c1ccc(C(=O)OCC)c(C#CCC2COc3cscc3O2)c1. The molecule has 0 aliphatic carbocycles. The number of benzene rings is 1. The second-order valence-corrected chi connectivity index (χ2v) is 6.60. The van der Waals surface area contributed by atoms with E-state index in [4.69, 9.17) is 18.9 Å². The van der Waals surface area contributed by atoms with E-state index in [2.05, 4.69) is 11.8 Å². The van der Waals surface area contributed by atoms with Crippen molar-refractivity contribution in [3.8, 4) is 23.3 Å². The molecule has 2 aromatic rings. The van der Waals surface area contributed by atoms with Gasteiger partial charge in [0.2, 0.25) is 0 Å². The lowest BCUT2D eigenvalue weighted by Crippen LogP contribution is -2.27. The van der Waals surface area contributed by atoms with Crippen LogP contribution >= 0.6 is 11.3 Å². The van der Waals surface area contributed by atoms with Crippen LogP contribution in [0.3, 0.4) is 0 Å². The lowest BCUT2D eigenvalue weighted by molar-refractivity contribution is 0.0511. The molecule has 2 heterocycles. The molecule has 7 heteroatoms. The smallest absolute Gasteiger partial charge is 0.339 e. The predicted molar refractivity (Wildman–Crippen MR) is 104 cm³/mol. The fourth-order valence-electron chi connectivity index (χ4n) is 2.60. The molecule has 6 nitrogen and oxygen atoms in total. The minimum absolute atomic E-state index is 0.200. The summed E-state index contributed by atoms with van der Waals surface area (Å²) < 4.78 is 21.6. The number of fused-ring (bicyclic) bond motifs is 1. The first kappa shape index (κ1) is 19.8. The molecule has 1 aromatic heterocycles. The maximum atomic E-state index is 12.2. The van der Waals surface area contributed by atoms with Crippen LogP contribution < -0.4 is 9.47 Å². The van der Waals surface area contributed by atoms with Gasteiger partial charge in [0.05, 0.1) is 24.3 Å². The van der Waals surface area contributed by atoms with Crippen molar-refractivity contribution in [1.82, 2.24) is 0 Å². The van der Waals surface area contributed by atoms with Crippen molar-refractivity contribution in [3.63, 3.8) is 0 Å². The van der Waals surface area contributed by atoms with Gasteiger partial charge in [-0.3, -0.25) is 0 Å². The summed E-state index contributed by atoms with van der Waals surface area (Å²) in [5, 5.41) is 3.78. The Morgan fingerprint density at radius 1 is 1.14 bits per heavy atom. The van der Waals surface area contributed by atoms with Gasteiger partial charge in [-0.05, 0) is 32.0 Å². The molecule has 0 N–H and O–H groups in total. The Morgan fingerprint density at radius 2 is 1.89 bits per heavy atom. The van der Waals surface area contributed by atoms with E-state index < -0.39 is 11.9 Å². The first-order chi connectivity index (χ1) is 13.6. The molecule has 0 saturated carbocycles. The monoisotopic (exact) mass is 400 g/mol. The van der Waals surface area contributed by atoms with E-state index in [1.54, 1.807) is 19.9 Å². The summed E-state index contributed by atoms with van der Waals surface area (Å²) in [5.74, 6) is 6.51. The van der Waals surface area contributed by atoms with E-state index in [0.29, 0.717) is 29.7 Å². The second-order valence-electron chi connectivity index (χ2n) is 5.86. The van der Waals surface area contributed by atoms with Crippen molar-refractivity contribution < 1.29 is 28.5 Å². The van der Waals surface area contributed by atoms with E-state index in [1.807, 2.05) is 10.8 Å². The van der Waals surface area contributed by atoms with Crippen LogP contribution in [-0.4, -0.2) is 37.9 Å². The number of thiophene rings is 1. The zero-order chi connectivity index (χ0) is 19.9. The molecule has 0 amide bonds. The standard InChI is InChI=1S/C21H20O6S/c1-3-24-20(22)15-8-9-17(21(23)25-4-2)14(10-15)6-5-7-16-11-26-18-12-28-13-19(18)27-16/h8-10,12-13,16H,3-4,7,11H2,1-2H3. The summed E-state index contributed by atoms with van der Waals surface area (Å²) >= 11 is 1.51. The molecular weight excluding hydrogens is 380 g/mol. The first-order valence-corrected chi connectivity index (χ1v) is 9.89. The first-order valence-electron chi connectivity index (χ1n) is 8.95. The van der Waals surface area contributed by atoms with E-state index in [0.717, 1.165) is 11.5 Å². The summed E-state index contributed by atoms with van der Waals surface area (Å²) in [7, 11) is 0. The van der Waals surface area contributed by atoms with E-state index >= 15 is 0 Å². The number of hydrogen-bond donors (Lipinski definition) is 0. The van der Waals surface area contributed by atoms with Gasteiger partial charge >= 0.3 is 11.9 Å². The average molecular weight is 400 g/mol. The molecule has 0 fully saturated rings. The maximum Gasteiger partial charge on any atom is 0.339 e. The number of hydrogen-bond acceptors (Lipinski definition) is 7. The van der Waals surface area contributed by atoms with E-state index in [-0.39, 0.29) is 19.3 Å². The predicted octanol–water partition coefficient (Wildman–Crippen LogP) is 3.68. The second kappa shape index (κ2) is 9.29. The highest BCUT2D eigenvalue weighted by molar-refractivity contribution is 7.08. The van der Waals surface area contributed by atoms with Crippen LogP contribution in [0.1, 0.15) is 46.5 Å². The van der Waals surface area contributed by atoms with Crippen LogP contribution in [0.2, 0.25) is 0 Å². The molecule has 1 aromatic carbocycles. The molecule has 0 radical (unpaired) electrons. The van der Waals surface area contributed by atoms with E-state index in [9.17, 15) is 9.59 Å². The Hall–Kier alpha value is -2.98. The molecule has 1 aliphatic rings. The molecular formula is C21H20O6S. The molecule has 3 rings (SSSR count). The van der Waals surface area contributed by atoms with Gasteiger partial charge in [-0.2, -0.15) is 0 Å². The summed E-state index contributed by atoms with van der Waals surface area (Å²) in [5.41, 5.74) is 1.06. The largest absolute Gasteiger partial charge is 0.485 e. The molecule has 1 unspecified atom stereocenters. The van der Waals surface area contributed by atoms with Crippen molar-refractivity contribution in [1.29, 1.82) is 0 Å². The van der Waals surface area contributed by atoms with Gasteiger partial charge < -0.3 is 18.9 Å². The fourth-order valence-corrected chi connectivity index (χ4v) is 3.27. The zero-order valence-electron chi connectivity index (χ0n) is 15.7.